The molecule has 23 heavy (non-hydrogen) atoms. The topological polar surface area (TPSA) is 54.9 Å². The third-order valence-corrected chi connectivity index (χ3v) is 3.74. The zero-order chi connectivity index (χ0) is 16.5. The van der Waals surface area contributed by atoms with Gasteiger partial charge in [-0.2, -0.15) is 0 Å². The Morgan fingerprint density at radius 1 is 1.17 bits per heavy atom. The predicted octanol–water partition coefficient (Wildman–Crippen LogP) is 2.74. The van der Waals surface area contributed by atoms with Crippen LogP contribution in [0.1, 0.15) is 31.4 Å². The zero-order valence-electron chi connectivity index (χ0n) is 13.8. The van der Waals surface area contributed by atoms with Crippen LogP contribution >= 0.6 is 0 Å². The molecular weight excluding hydrogens is 288 g/mol. The lowest BCUT2D eigenvalue weighted by Gasteiger charge is -2.16. The van der Waals surface area contributed by atoms with Gasteiger partial charge in [-0.3, -0.25) is 4.79 Å². The third kappa shape index (κ3) is 5.11. The van der Waals surface area contributed by atoms with E-state index in [1.807, 2.05) is 54.6 Å². The lowest BCUT2D eigenvalue weighted by molar-refractivity contribution is -0.682. The molecule has 1 atom stereocenters. The number of hydrogen-bond acceptors (Lipinski definition) is 2. The first-order valence-electron chi connectivity index (χ1n) is 8.07. The number of hydrogen-bond donors (Lipinski definition) is 2. The minimum absolute atomic E-state index is 0.0134. The molecule has 2 aromatic carbocycles. The Kier molecular flexibility index (Phi) is 6.63. The molecule has 0 aliphatic carbocycles. The van der Waals surface area contributed by atoms with Crippen molar-refractivity contribution in [2.75, 3.05) is 19.0 Å². The summed E-state index contributed by atoms with van der Waals surface area (Å²) in [5, 5.41) is 5.10. The molecule has 0 saturated heterocycles. The van der Waals surface area contributed by atoms with Crippen LogP contribution in [0.4, 0.5) is 5.69 Å². The van der Waals surface area contributed by atoms with Gasteiger partial charge in [0.25, 0.3) is 5.91 Å². The number of quaternary nitrogens is 1. The van der Waals surface area contributed by atoms with Crippen LogP contribution in [0, 0.1) is 0 Å². The highest BCUT2D eigenvalue weighted by Gasteiger charge is 2.23. The van der Waals surface area contributed by atoms with Crippen molar-refractivity contribution in [2.45, 2.75) is 25.8 Å². The Hall–Kier alpha value is -2.33. The molecule has 1 amide bonds. The summed E-state index contributed by atoms with van der Waals surface area (Å²) in [7, 11) is 1.62. The highest BCUT2D eigenvalue weighted by atomic mass is 16.5. The monoisotopic (exact) mass is 313 g/mol. The maximum absolute atomic E-state index is 12.7. The molecule has 4 heteroatoms. The average molecular weight is 313 g/mol. The fraction of sp³-hybridized carbons (Fsp3) is 0.316. The number of amides is 1. The molecule has 0 spiro atoms. The van der Waals surface area contributed by atoms with Crippen molar-refractivity contribution in [1.29, 1.82) is 0 Å². The van der Waals surface area contributed by atoms with Crippen LogP contribution in [0.3, 0.4) is 0 Å². The van der Waals surface area contributed by atoms with E-state index >= 15 is 0 Å². The maximum atomic E-state index is 12.7. The largest absolute Gasteiger partial charge is 0.497 e. The highest BCUT2D eigenvalue weighted by Crippen LogP contribution is 2.18. The van der Waals surface area contributed by atoms with Crippen molar-refractivity contribution in [1.82, 2.24) is 0 Å². The maximum Gasteiger partial charge on any atom is 0.287 e. The quantitative estimate of drug-likeness (QED) is 0.736. The first-order valence-corrected chi connectivity index (χ1v) is 8.07. The molecule has 122 valence electrons. The van der Waals surface area contributed by atoms with E-state index < -0.39 is 0 Å². The Morgan fingerprint density at radius 3 is 2.65 bits per heavy atom. The highest BCUT2D eigenvalue weighted by molar-refractivity contribution is 5.94. The molecule has 2 aromatic rings. The Morgan fingerprint density at radius 2 is 1.96 bits per heavy atom. The van der Waals surface area contributed by atoms with Gasteiger partial charge in [-0.1, -0.05) is 49.7 Å². The minimum atomic E-state index is -0.242. The smallest absolute Gasteiger partial charge is 0.287 e. The van der Waals surface area contributed by atoms with Crippen LogP contribution in [-0.2, 0) is 4.79 Å². The van der Waals surface area contributed by atoms with E-state index in [-0.39, 0.29) is 11.9 Å². The summed E-state index contributed by atoms with van der Waals surface area (Å²) in [6.45, 7) is 3.09. The van der Waals surface area contributed by atoms with E-state index in [4.69, 9.17) is 4.74 Å². The Bertz CT molecular complexity index is 614. The van der Waals surface area contributed by atoms with Gasteiger partial charge in [-0.05, 0) is 18.6 Å². The van der Waals surface area contributed by atoms with Crippen LogP contribution in [0.2, 0.25) is 0 Å². The van der Waals surface area contributed by atoms with Crippen LogP contribution in [0.25, 0.3) is 0 Å². The second kappa shape index (κ2) is 8.96. The number of methoxy groups -OCH3 is 1. The van der Waals surface area contributed by atoms with Crippen LogP contribution in [0.15, 0.2) is 54.6 Å². The second-order valence-corrected chi connectivity index (χ2v) is 5.49. The molecule has 0 aromatic heterocycles. The molecular formula is C19H25N2O2+. The molecule has 2 rings (SSSR count). The van der Waals surface area contributed by atoms with Crippen molar-refractivity contribution < 1.29 is 14.8 Å². The second-order valence-electron chi connectivity index (χ2n) is 5.49. The van der Waals surface area contributed by atoms with Gasteiger partial charge >= 0.3 is 0 Å². The van der Waals surface area contributed by atoms with Gasteiger partial charge in [0.1, 0.15) is 5.75 Å². The number of unbranched alkanes of at least 4 members (excludes halogenated alkanes) is 1. The van der Waals surface area contributed by atoms with E-state index in [2.05, 4.69) is 17.6 Å². The standard InChI is InChI=1S/C19H24N2O2/c1-3-4-13-20-18(15-9-6-5-7-10-15)19(22)21-16-11-8-12-17(14-16)23-2/h5-12,14,18,20H,3-4,13H2,1-2H3,(H,21,22)/p+1/t18-/m0/s1. The number of ether oxygens (including phenoxy) is 1. The molecule has 4 nitrogen and oxygen atoms in total. The number of carbonyl (C=O) groups excluding carboxylic acids is 1. The van der Waals surface area contributed by atoms with E-state index in [9.17, 15) is 4.79 Å². The summed E-state index contributed by atoms with van der Waals surface area (Å²) >= 11 is 0. The van der Waals surface area contributed by atoms with E-state index in [0.29, 0.717) is 0 Å². The number of carbonyl (C=O) groups is 1. The fourth-order valence-corrected chi connectivity index (χ4v) is 2.46. The number of nitrogens with two attached hydrogens (primary N) is 1. The zero-order valence-corrected chi connectivity index (χ0v) is 13.8. The van der Waals surface area contributed by atoms with Gasteiger partial charge < -0.3 is 15.4 Å². The van der Waals surface area contributed by atoms with Crippen LogP contribution < -0.4 is 15.4 Å². The van der Waals surface area contributed by atoms with Gasteiger partial charge in [0.05, 0.1) is 13.7 Å². The Balaban J connectivity index is 2.12. The van der Waals surface area contributed by atoms with Crippen LogP contribution in [0.5, 0.6) is 5.75 Å². The SMILES string of the molecule is CCCC[NH2+][C@H](C(=O)Nc1cccc(OC)c1)c1ccccc1. The van der Waals surface area contributed by atoms with Gasteiger partial charge in [-0.15, -0.1) is 0 Å². The lowest BCUT2D eigenvalue weighted by atomic mass is 10.1. The third-order valence-electron chi connectivity index (χ3n) is 3.74. The van der Waals surface area contributed by atoms with E-state index in [0.717, 1.165) is 36.4 Å². The molecule has 0 aliphatic rings. The lowest BCUT2D eigenvalue weighted by Crippen LogP contribution is -2.87. The summed E-state index contributed by atoms with van der Waals surface area (Å²) in [5.41, 5.74) is 1.77. The summed E-state index contributed by atoms with van der Waals surface area (Å²) in [6, 6.07) is 17.1. The first-order chi connectivity index (χ1) is 11.2. The van der Waals surface area contributed by atoms with Crippen molar-refractivity contribution in [3.63, 3.8) is 0 Å². The average Bonchev–Trinajstić information content (AvgIpc) is 2.59. The van der Waals surface area contributed by atoms with Gasteiger partial charge in [-0.25, -0.2) is 0 Å². The number of anilines is 1. The molecule has 0 heterocycles. The summed E-state index contributed by atoms with van der Waals surface area (Å²) in [4.78, 5) is 12.7. The Labute approximate surface area is 137 Å². The predicted molar refractivity (Wildman–Crippen MR) is 92.5 cm³/mol. The normalized spacial score (nSPS) is 11.7. The van der Waals surface area contributed by atoms with Crippen molar-refractivity contribution in [2.24, 2.45) is 0 Å². The van der Waals surface area contributed by atoms with Crippen molar-refractivity contribution in [3.05, 3.63) is 60.2 Å². The van der Waals surface area contributed by atoms with Crippen molar-refractivity contribution >= 4 is 11.6 Å². The summed E-state index contributed by atoms with van der Waals surface area (Å²) in [5.74, 6) is 0.717. The molecule has 0 aliphatic heterocycles. The molecule has 0 bridgehead atoms. The molecule has 0 saturated carbocycles. The van der Waals surface area contributed by atoms with Crippen molar-refractivity contribution in [3.8, 4) is 5.75 Å². The van der Waals surface area contributed by atoms with Gasteiger partial charge in [0, 0.05) is 17.3 Å². The number of benzene rings is 2. The van der Waals surface area contributed by atoms with Crippen LogP contribution in [-0.4, -0.2) is 19.6 Å². The molecule has 0 unspecified atom stereocenters. The van der Waals surface area contributed by atoms with E-state index in [1.54, 1.807) is 7.11 Å². The summed E-state index contributed by atoms with van der Waals surface area (Å²) in [6.07, 6.45) is 2.21. The molecule has 3 N–H and O–H groups in total. The van der Waals surface area contributed by atoms with Gasteiger partial charge in [0.2, 0.25) is 0 Å². The summed E-state index contributed by atoms with van der Waals surface area (Å²) < 4.78 is 5.20. The first kappa shape index (κ1) is 17.0. The fourth-order valence-electron chi connectivity index (χ4n) is 2.46. The molecule has 0 fully saturated rings. The number of rotatable bonds is 8. The van der Waals surface area contributed by atoms with Gasteiger partial charge in [0.15, 0.2) is 6.04 Å². The molecule has 0 radical (unpaired) electrons. The minimum Gasteiger partial charge on any atom is -0.497 e. The number of nitrogens with one attached hydrogen (secondary N) is 1. The van der Waals surface area contributed by atoms with E-state index in [1.165, 1.54) is 0 Å².